The number of halogens is 1. The number of sulfonamides is 1. The van der Waals surface area contributed by atoms with Crippen molar-refractivity contribution >= 4 is 33.2 Å². The summed E-state index contributed by atoms with van der Waals surface area (Å²) in [7, 11) is -3.64. The van der Waals surface area contributed by atoms with Gasteiger partial charge in [-0.2, -0.15) is 4.31 Å². The van der Waals surface area contributed by atoms with Crippen molar-refractivity contribution < 1.29 is 13.2 Å². The van der Waals surface area contributed by atoms with Gasteiger partial charge in [-0.3, -0.25) is 4.79 Å². The van der Waals surface area contributed by atoms with Gasteiger partial charge in [0.2, 0.25) is 15.9 Å². The SMILES string of the molecule is C[C@H]1CCCN(c2ccc(CNC(=O)[C@@H]3CCCN(S(=O)(=O)c4ccc(Cl)cc4)C3)cc2)C1. The highest BCUT2D eigenvalue weighted by Gasteiger charge is 2.33. The lowest BCUT2D eigenvalue weighted by molar-refractivity contribution is -0.126. The predicted molar refractivity (Wildman–Crippen MR) is 132 cm³/mol. The Hall–Kier alpha value is -2.09. The molecule has 1 amide bonds. The Morgan fingerprint density at radius 3 is 2.39 bits per heavy atom. The van der Waals surface area contributed by atoms with Gasteiger partial charge in [0.1, 0.15) is 0 Å². The molecule has 2 fully saturated rings. The van der Waals surface area contributed by atoms with Crippen LogP contribution in [0.2, 0.25) is 5.02 Å². The Morgan fingerprint density at radius 1 is 1.00 bits per heavy atom. The topological polar surface area (TPSA) is 69.7 Å². The molecule has 0 aromatic heterocycles. The zero-order chi connectivity index (χ0) is 23.4. The summed E-state index contributed by atoms with van der Waals surface area (Å²) in [6, 6.07) is 14.5. The predicted octanol–water partition coefficient (Wildman–Crippen LogP) is 4.29. The largest absolute Gasteiger partial charge is 0.371 e. The Morgan fingerprint density at radius 2 is 1.70 bits per heavy atom. The Labute approximate surface area is 202 Å². The molecule has 0 saturated carbocycles. The molecular weight excluding hydrogens is 458 g/mol. The highest BCUT2D eigenvalue weighted by Crippen LogP contribution is 2.26. The van der Waals surface area contributed by atoms with Gasteiger partial charge >= 0.3 is 0 Å². The van der Waals surface area contributed by atoms with Crippen LogP contribution < -0.4 is 10.2 Å². The molecule has 4 rings (SSSR count). The number of hydrogen-bond donors (Lipinski definition) is 1. The molecule has 178 valence electrons. The molecule has 0 unspecified atom stereocenters. The van der Waals surface area contributed by atoms with Gasteiger partial charge < -0.3 is 10.2 Å². The van der Waals surface area contributed by atoms with Crippen molar-refractivity contribution in [3.05, 3.63) is 59.1 Å². The highest BCUT2D eigenvalue weighted by atomic mass is 35.5. The molecule has 0 bridgehead atoms. The summed E-state index contributed by atoms with van der Waals surface area (Å²) >= 11 is 5.89. The minimum Gasteiger partial charge on any atom is -0.371 e. The number of nitrogens with zero attached hydrogens (tertiary/aromatic N) is 2. The van der Waals surface area contributed by atoms with E-state index in [0.717, 1.165) is 24.6 Å². The molecule has 2 atom stereocenters. The van der Waals surface area contributed by atoms with E-state index in [0.29, 0.717) is 31.0 Å². The van der Waals surface area contributed by atoms with Crippen molar-refractivity contribution in [2.75, 3.05) is 31.1 Å². The lowest BCUT2D eigenvalue weighted by Crippen LogP contribution is -2.45. The molecule has 2 aromatic rings. The monoisotopic (exact) mass is 489 g/mol. The first-order valence-electron chi connectivity index (χ1n) is 11.7. The van der Waals surface area contributed by atoms with Crippen LogP contribution in [-0.2, 0) is 21.4 Å². The Kier molecular flexibility index (Phi) is 7.62. The van der Waals surface area contributed by atoms with Crippen molar-refractivity contribution in [3.8, 4) is 0 Å². The van der Waals surface area contributed by atoms with Gasteiger partial charge in [0.25, 0.3) is 0 Å². The molecule has 8 heteroatoms. The first-order chi connectivity index (χ1) is 15.8. The third-order valence-electron chi connectivity index (χ3n) is 6.63. The summed E-state index contributed by atoms with van der Waals surface area (Å²) in [6.45, 7) is 5.54. The third-order valence-corrected chi connectivity index (χ3v) is 8.76. The van der Waals surface area contributed by atoms with Crippen molar-refractivity contribution in [2.24, 2.45) is 11.8 Å². The smallest absolute Gasteiger partial charge is 0.243 e. The summed E-state index contributed by atoms with van der Waals surface area (Å²) in [6.07, 6.45) is 3.86. The van der Waals surface area contributed by atoms with E-state index < -0.39 is 10.0 Å². The van der Waals surface area contributed by atoms with Gasteiger partial charge in [0, 0.05) is 43.4 Å². The summed E-state index contributed by atoms with van der Waals surface area (Å²) in [4.78, 5) is 15.4. The van der Waals surface area contributed by atoms with Crippen LogP contribution in [0, 0.1) is 11.8 Å². The first-order valence-corrected chi connectivity index (χ1v) is 13.5. The standard InChI is InChI=1S/C25H32ClN3O3S/c1-19-4-2-14-28(17-19)23-10-6-20(7-11-23)16-27-25(30)21-5-3-15-29(18-21)33(31,32)24-12-8-22(26)9-13-24/h6-13,19,21H,2-5,14-18H2,1H3,(H,27,30)/t19-,21+/m0/s1. The molecule has 2 aliphatic rings. The lowest BCUT2D eigenvalue weighted by Gasteiger charge is -2.33. The van der Waals surface area contributed by atoms with Crippen LogP contribution in [0.5, 0.6) is 0 Å². The molecule has 6 nitrogen and oxygen atoms in total. The van der Waals surface area contributed by atoms with Gasteiger partial charge in [-0.25, -0.2) is 8.42 Å². The van der Waals surface area contributed by atoms with Gasteiger partial charge in [-0.1, -0.05) is 30.7 Å². The fourth-order valence-electron chi connectivity index (χ4n) is 4.71. The number of benzene rings is 2. The van der Waals surface area contributed by atoms with E-state index >= 15 is 0 Å². The maximum absolute atomic E-state index is 13.0. The number of hydrogen-bond acceptors (Lipinski definition) is 4. The average molecular weight is 490 g/mol. The number of amides is 1. The number of rotatable bonds is 6. The summed E-state index contributed by atoms with van der Waals surface area (Å²) in [5.41, 5.74) is 2.27. The van der Waals surface area contributed by atoms with E-state index in [1.807, 2.05) is 0 Å². The van der Waals surface area contributed by atoms with Gasteiger partial charge in [-0.15, -0.1) is 0 Å². The zero-order valence-corrected chi connectivity index (χ0v) is 20.6. The molecule has 33 heavy (non-hydrogen) atoms. The second-order valence-electron chi connectivity index (χ2n) is 9.23. The minimum atomic E-state index is -3.64. The number of nitrogens with one attached hydrogen (secondary N) is 1. The Balaban J connectivity index is 1.32. The molecule has 0 spiro atoms. The number of carbonyl (C=O) groups is 1. The van der Waals surface area contributed by atoms with Crippen LogP contribution in [0.4, 0.5) is 5.69 Å². The van der Waals surface area contributed by atoms with Crippen molar-refractivity contribution in [2.45, 2.75) is 44.0 Å². The molecule has 2 aromatic carbocycles. The molecule has 2 heterocycles. The van der Waals surface area contributed by atoms with Crippen LogP contribution in [0.3, 0.4) is 0 Å². The van der Waals surface area contributed by atoms with E-state index in [1.54, 1.807) is 12.1 Å². The average Bonchev–Trinajstić information content (AvgIpc) is 2.83. The molecule has 2 aliphatic heterocycles. The highest BCUT2D eigenvalue weighted by molar-refractivity contribution is 7.89. The van der Waals surface area contributed by atoms with Gasteiger partial charge in [0.15, 0.2) is 0 Å². The number of anilines is 1. The fourth-order valence-corrected chi connectivity index (χ4v) is 6.36. The minimum absolute atomic E-state index is 0.0973. The van der Waals surface area contributed by atoms with E-state index in [4.69, 9.17) is 11.6 Å². The first kappa shape index (κ1) is 24.0. The maximum Gasteiger partial charge on any atom is 0.243 e. The van der Waals surface area contributed by atoms with Crippen molar-refractivity contribution in [3.63, 3.8) is 0 Å². The van der Waals surface area contributed by atoms with E-state index in [9.17, 15) is 13.2 Å². The normalized spacial score (nSPS) is 22.2. The molecule has 1 N–H and O–H groups in total. The van der Waals surface area contributed by atoms with Crippen LogP contribution in [-0.4, -0.2) is 44.8 Å². The maximum atomic E-state index is 13.0. The summed E-state index contributed by atoms with van der Waals surface area (Å²) < 4.78 is 27.4. The fraction of sp³-hybridized carbons (Fsp3) is 0.480. The van der Waals surface area contributed by atoms with E-state index in [-0.39, 0.29) is 23.3 Å². The van der Waals surface area contributed by atoms with Crippen LogP contribution in [0.15, 0.2) is 53.4 Å². The summed E-state index contributed by atoms with van der Waals surface area (Å²) in [5, 5.41) is 3.49. The van der Waals surface area contributed by atoms with E-state index in [2.05, 4.69) is 41.4 Å². The van der Waals surface area contributed by atoms with E-state index in [1.165, 1.54) is 35.0 Å². The Bertz CT molecular complexity index is 1060. The third kappa shape index (κ3) is 5.89. The van der Waals surface area contributed by atoms with Gasteiger partial charge in [0.05, 0.1) is 10.8 Å². The van der Waals surface area contributed by atoms with Crippen molar-refractivity contribution in [1.82, 2.24) is 9.62 Å². The molecule has 0 aliphatic carbocycles. The molecule has 0 radical (unpaired) electrons. The second kappa shape index (κ2) is 10.5. The molecular formula is C25H32ClN3O3S. The molecule has 2 saturated heterocycles. The van der Waals surface area contributed by atoms with Crippen LogP contribution in [0.1, 0.15) is 38.2 Å². The van der Waals surface area contributed by atoms with Crippen molar-refractivity contribution in [1.29, 1.82) is 0 Å². The number of piperidine rings is 2. The zero-order valence-electron chi connectivity index (χ0n) is 19.0. The van der Waals surface area contributed by atoms with Crippen LogP contribution in [0.25, 0.3) is 0 Å². The quantitative estimate of drug-likeness (QED) is 0.657. The number of carbonyl (C=O) groups excluding carboxylic acids is 1. The summed E-state index contributed by atoms with van der Waals surface area (Å²) in [5.74, 6) is 0.270. The second-order valence-corrected chi connectivity index (χ2v) is 11.6. The lowest BCUT2D eigenvalue weighted by atomic mass is 9.98. The van der Waals surface area contributed by atoms with Gasteiger partial charge in [-0.05, 0) is 73.6 Å². The van der Waals surface area contributed by atoms with Crippen LogP contribution >= 0.6 is 11.6 Å².